The van der Waals surface area contributed by atoms with Gasteiger partial charge in [0, 0.05) is 19.3 Å². The number of ether oxygens (including phenoxy) is 3. The fourth-order valence-corrected chi connectivity index (χ4v) is 8.24. The number of allylic oxidation sites excluding steroid dienone is 20. The van der Waals surface area contributed by atoms with Crippen molar-refractivity contribution in [2.24, 2.45) is 0 Å². The van der Waals surface area contributed by atoms with E-state index in [1.165, 1.54) is 109 Å². The maximum atomic E-state index is 12.8. The molecule has 75 heavy (non-hydrogen) atoms. The summed E-state index contributed by atoms with van der Waals surface area (Å²) < 4.78 is 16.8. The molecule has 0 N–H and O–H groups in total. The molecule has 0 spiro atoms. The van der Waals surface area contributed by atoms with Crippen LogP contribution in [0.15, 0.2) is 122 Å². The van der Waals surface area contributed by atoms with E-state index in [9.17, 15) is 14.4 Å². The van der Waals surface area contributed by atoms with E-state index >= 15 is 0 Å². The molecule has 0 saturated carbocycles. The first-order valence-electron chi connectivity index (χ1n) is 31.0. The first-order chi connectivity index (χ1) is 37.0. The Labute approximate surface area is 462 Å². The Morgan fingerprint density at radius 3 is 0.827 bits per heavy atom. The monoisotopic (exact) mass is 1040 g/mol. The van der Waals surface area contributed by atoms with Crippen LogP contribution in [0.5, 0.6) is 0 Å². The molecule has 1 atom stereocenters. The largest absolute Gasteiger partial charge is 0.462 e. The molecule has 1 unspecified atom stereocenters. The summed E-state index contributed by atoms with van der Waals surface area (Å²) in [6, 6.07) is 0. The number of carbonyl (C=O) groups is 3. The third-order valence-corrected chi connectivity index (χ3v) is 12.9. The second-order valence-electron chi connectivity index (χ2n) is 20.2. The summed E-state index contributed by atoms with van der Waals surface area (Å²) in [6.07, 6.45) is 86.5. The molecule has 0 fully saturated rings. The predicted octanol–water partition coefficient (Wildman–Crippen LogP) is 21.2. The smallest absolute Gasteiger partial charge is 0.306 e. The molecule has 0 bridgehead atoms. The average molecular weight is 1040 g/mol. The highest BCUT2D eigenvalue weighted by atomic mass is 16.6. The van der Waals surface area contributed by atoms with Crippen molar-refractivity contribution in [3.63, 3.8) is 0 Å². The Morgan fingerprint density at radius 2 is 0.520 bits per heavy atom. The number of unbranched alkanes of at least 4 members (excludes halogenated alkanes) is 24. The fraction of sp³-hybridized carbons (Fsp3) is 0.667. The predicted molar refractivity (Wildman–Crippen MR) is 325 cm³/mol. The van der Waals surface area contributed by atoms with E-state index in [-0.39, 0.29) is 31.1 Å². The zero-order valence-corrected chi connectivity index (χ0v) is 48.8. The van der Waals surface area contributed by atoms with Crippen molar-refractivity contribution < 1.29 is 28.6 Å². The van der Waals surface area contributed by atoms with Gasteiger partial charge in [0.25, 0.3) is 0 Å². The van der Waals surface area contributed by atoms with Crippen LogP contribution in [0.3, 0.4) is 0 Å². The molecule has 0 aliphatic heterocycles. The summed E-state index contributed by atoms with van der Waals surface area (Å²) in [4.78, 5) is 38.0. The molecule has 0 aromatic carbocycles. The van der Waals surface area contributed by atoms with Gasteiger partial charge in [0.15, 0.2) is 6.10 Å². The van der Waals surface area contributed by atoms with Gasteiger partial charge < -0.3 is 14.2 Å². The third-order valence-electron chi connectivity index (χ3n) is 12.9. The van der Waals surface area contributed by atoms with Gasteiger partial charge in [-0.15, -0.1) is 0 Å². The van der Waals surface area contributed by atoms with Crippen molar-refractivity contribution in [1.82, 2.24) is 0 Å². The SMILES string of the molecule is CC/C=C\C/C=C\C/C=C\C/C=C\C/C=C\C/C=C\C/C=C\C/C=C\CCCCCCCCCCCCC(=O)OCC(COC(=O)CCCCCCC/C=C\CCCC)OC(=O)CCCCCCC/C=C\CCCC. The van der Waals surface area contributed by atoms with Crippen LogP contribution in [-0.4, -0.2) is 37.2 Å². The average Bonchev–Trinajstić information content (AvgIpc) is 3.41. The number of carbonyl (C=O) groups excluding carboxylic acids is 3. The van der Waals surface area contributed by atoms with Gasteiger partial charge in [-0.3, -0.25) is 14.4 Å². The summed E-state index contributed by atoms with van der Waals surface area (Å²) in [6.45, 7) is 6.43. The molecule has 0 aliphatic carbocycles. The van der Waals surface area contributed by atoms with E-state index < -0.39 is 6.10 Å². The Balaban J connectivity index is 4.13. The number of esters is 3. The highest BCUT2D eigenvalue weighted by Crippen LogP contribution is 2.15. The minimum absolute atomic E-state index is 0.0868. The second kappa shape index (κ2) is 62.4. The Bertz CT molecular complexity index is 1570. The van der Waals surface area contributed by atoms with Gasteiger partial charge in [-0.2, -0.15) is 0 Å². The molecule has 0 heterocycles. The molecule has 6 heteroatoms. The third kappa shape index (κ3) is 60.6. The Morgan fingerprint density at radius 1 is 0.280 bits per heavy atom. The molecule has 6 nitrogen and oxygen atoms in total. The van der Waals surface area contributed by atoms with Crippen molar-refractivity contribution in [2.45, 2.75) is 284 Å². The lowest BCUT2D eigenvalue weighted by atomic mass is 10.1. The number of hydrogen-bond donors (Lipinski definition) is 0. The van der Waals surface area contributed by atoms with Gasteiger partial charge in [-0.25, -0.2) is 0 Å². The highest BCUT2D eigenvalue weighted by molar-refractivity contribution is 5.71. The summed E-state index contributed by atoms with van der Waals surface area (Å²) in [5, 5.41) is 0. The summed E-state index contributed by atoms with van der Waals surface area (Å²) in [5.41, 5.74) is 0. The Kier molecular flexibility index (Phi) is 58.9. The van der Waals surface area contributed by atoms with Crippen LogP contribution in [0.1, 0.15) is 278 Å². The van der Waals surface area contributed by atoms with Gasteiger partial charge in [0.05, 0.1) is 0 Å². The van der Waals surface area contributed by atoms with E-state index in [0.717, 1.165) is 128 Å². The lowest BCUT2D eigenvalue weighted by molar-refractivity contribution is -0.167. The van der Waals surface area contributed by atoms with Crippen LogP contribution in [-0.2, 0) is 28.6 Å². The lowest BCUT2D eigenvalue weighted by Crippen LogP contribution is -2.30. The molecule has 0 amide bonds. The molecular weight excluding hydrogens is 925 g/mol. The van der Waals surface area contributed by atoms with Crippen LogP contribution >= 0.6 is 0 Å². The minimum Gasteiger partial charge on any atom is -0.462 e. The minimum atomic E-state index is -0.787. The number of rotatable bonds is 55. The van der Waals surface area contributed by atoms with E-state index in [1.54, 1.807) is 0 Å². The van der Waals surface area contributed by atoms with Crippen LogP contribution in [0.2, 0.25) is 0 Å². The summed E-state index contributed by atoms with van der Waals surface area (Å²) >= 11 is 0. The first kappa shape index (κ1) is 70.8. The van der Waals surface area contributed by atoms with Gasteiger partial charge in [-0.1, -0.05) is 258 Å². The maximum Gasteiger partial charge on any atom is 0.306 e. The molecule has 0 radical (unpaired) electrons. The van der Waals surface area contributed by atoms with Crippen molar-refractivity contribution in [3.8, 4) is 0 Å². The van der Waals surface area contributed by atoms with Crippen molar-refractivity contribution in [3.05, 3.63) is 122 Å². The highest BCUT2D eigenvalue weighted by Gasteiger charge is 2.19. The fourth-order valence-electron chi connectivity index (χ4n) is 8.24. The number of hydrogen-bond acceptors (Lipinski definition) is 6. The van der Waals surface area contributed by atoms with Crippen molar-refractivity contribution >= 4 is 17.9 Å². The molecule has 0 aliphatic rings. The summed E-state index contributed by atoms with van der Waals surface area (Å²) in [7, 11) is 0. The standard InChI is InChI=1S/C69H114O6/c1-4-7-10-13-16-19-22-23-24-25-26-27-28-29-30-31-32-33-34-35-36-37-38-39-40-41-42-43-44-45-48-50-53-56-59-62-68(71)74-65-66(75-69(72)63-60-57-54-51-47-21-18-15-12-9-6-3)64-73-67(70)61-58-55-52-49-46-20-17-14-11-8-5-2/h7,10,14-19,23-24,26-27,29-30,32-33,35-36,38-39,66H,4-6,8-9,11-13,20-22,25,28,31,34,37,40-65H2,1-3H3/b10-7-,17-14-,18-15-,19-16-,24-23-,27-26-,30-29-,33-32-,36-35-,39-38-. The van der Waals surface area contributed by atoms with E-state index in [4.69, 9.17) is 14.2 Å². The molecule has 0 aromatic heterocycles. The summed E-state index contributed by atoms with van der Waals surface area (Å²) in [5.74, 6) is -0.911. The lowest BCUT2D eigenvalue weighted by Gasteiger charge is -2.18. The van der Waals surface area contributed by atoms with E-state index in [1.807, 2.05) is 0 Å². The van der Waals surface area contributed by atoms with E-state index in [0.29, 0.717) is 19.3 Å². The van der Waals surface area contributed by atoms with Gasteiger partial charge >= 0.3 is 17.9 Å². The topological polar surface area (TPSA) is 78.9 Å². The van der Waals surface area contributed by atoms with Crippen molar-refractivity contribution in [1.29, 1.82) is 0 Å². The Hall–Kier alpha value is -4.19. The molecule has 426 valence electrons. The van der Waals surface area contributed by atoms with Gasteiger partial charge in [-0.05, 0) is 122 Å². The van der Waals surface area contributed by atoms with Gasteiger partial charge in [0.2, 0.25) is 0 Å². The first-order valence-corrected chi connectivity index (χ1v) is 31.0. The van der Waals surface area contributed by atoms with Crippen LogP contribution in [0, 0.1) is 0 Å². The quantitative estimate of drug-likeness (QED) is 0.0261. The van der Waals surface area contributed by atoms with Crippen LogP contribution < -0.4 is 0 Å². The molecular formula is C69H114O6. The van der Waals surface area contributed by atoms with Crippen molar-refractivity contribution in [2.75, 3.05) is 13.2 Å². The maximum absolute atomic E-state index is 12.8. The second-order valence-corrected chi connectivity index (χ2v) is 20.2. The molecule has 0 aromatic rings. The zero-order chi connectivity index (χ0) is 54.3. The normalized spacial score (nSPS) is 12.9. The molecule has 0 rings (SSSR count). The van der Waals surface area contributed by atoms with Crippen LogP contribution in [0.4, 0.5) is 0 Å². The van der Waals surface area contributed by atoms with E-state index in [2.05, 4.69) is 142 Å². The van der Waals surface area contributed by atoms with Gasteiger partial charge in [0.1, 0.15) is 13.2 Å². The van der Waals surface area contributed by atoms with Crippen LogP contribution in [0.25, 0.3) is 0 Å². The molecule has 0 saturated heterocycles. The zero-order valence-electron chi connectivity index (χ0n) is 48.8.